The molecule has 0 saturated heterocycles. The third kappa shape index (κ3) is 1.43. The number of nitro groups is 1. The van der Waals surface area contributed by atoms with Crippen LogP contribution >= 0.6 is 0 Å². The van der Waals surface area contributed by atoms with Crippen molar-refractivity contribution in [3.63, 3.8) is 0 Å². The van der Waals surface area contributed by atoms with Crippen molar-refractivity contribution in [2.75, 3.05) is 0 Å². The van der Waals surface area contributed by atoms with E-state index >= 15 is 0 Å². The molecule has 1 aliphatic rings. The fourth-order valence-electron chi connectivity index (χ4n) is 1.50. The molecule has 0 atom stereocenters. The summed E-state index contributed by atoms with van der Waals surface area (Å²) in [6.07, 6.45) is -0.143. The highest BCUT2D eigenvalue weighted by Gasteiger charge is 2.31. The average molecular weight is 222 g/mol. The Morgan fingerprint density at radius 1 is 1.38 bits per heavy atom. The van der Waals surface area contributed by atoms with Crippen molar-refractivity contribution < 1.29 is 19.7 Å². The zero-order valence-electron chi connectivity index (χ0n) is 7.91. The molecule has 0 radical (unpaired) electrons. The van der Waals surface area contributed by atoms with E-state index in [-0.39, 0.29) is 22.7 Å². The van der Waals surface area contributed by atoms with Crippen molar-refractivity contribution >= 4 is 17.5 Å². The Bertz CT molecular complexity index is 511. The molecule has 16 heavy (non-hydrogen) atoms. The van der Waals surface area contributed by atoms with Gasteiger partial charge in [-0.25, -0.2) is 0 Å². The molecule has 0 saturated carbocycles. The lowest BCUT2D eigenvalue weighted by atomic mass is 9.99. The van der Waals surface area contributed by atoms with Gasteiger partial charge in [-0.15, -0.1) is 0 Å². The van der Waals surface area contributed by atoms with E-state index < -0.39 is 16.7 Å². The van der Waals surface area contributed by atoms with E-state index in [0.29, 0.717) is 5.56 Å². The quantitative estimate of drug-likeness (QED) is 0.323. The number of nitro benzene ring substituents is 1. The molecule has 0 fully saturated rings. The van der Waals surface area contributed by atoms with Crippen molar-refractivity contribution in [3.8, 4) is 0 Å². The highest BCUT2D eigenvalue weighted by atomic mass is 16.6. The lowest BCUT2D eigenvalue weighted by Crippen LogP contribution is -2.39. The van der Waals surface area contributed by atoms with Gasteiger partial charge in [0.2, 0.25) is 0 Å². The maximum atomic E-state index is 11.4. The van der Waals surface area contributed by atoms with Crippen molar-refractivity contribution in [1.82, 2.24) is 5.06 Å². The second kappa shape index (κ2) is 3.38. The molecule has 7 nitrogen and oxygen atoms in total. The number of hydrogen-bond acceptors (Lipinski definition) is 5. The van der Waals surface area contributed by atoms with E-state index in [0.717, 1.165) is 6.07 Å². The molecule has 1 aliphatic heterocycles. The van der Waals surface area contributed by atoms with E-state index in [1.807, 2.05) is 0 Å². The fraction of sp³-hybridized carbons (Fsp3) is 0.111. The number of hydroxylamine groups is 2. The Morgan fingerprint density at radius 2 is 2.06 bits per heavy atom. The minimum atomic E-state index is -0.935. The van der Waals surface area contributed by atoms with Crippen LogP contribution in [0.3, 0.4) is 0 Å². The van der Waals surface area contributed by atoms with Gasteiger partial charge in [0.25, 0.3) is 17.5 Å². The number of non-ortho nitro benzene ring substituents is 1. The zero-order valence-corrected chi connectivity index (χ0v) is 7.91. The minimum absolute atomic E-state index is 0.0173. The summed E-state index contributed by atoms with van der Waals surface area (Å²) in [5.74, 6) is -1.68. The number of carbonyl (C=O) groups excluding carboxylic acids is 2. The largest absolute Gasteiger partial charge is 0.285 e. The summed E-state index contributed by atoms with van der Waals surface area (Å²) in [7, 11) is 0. The first-order valence-corrected chi connectivity index (χ1v) is 4.34. The lowest BCUT2D eigenvalue weighted by molar-refractivity contribution is -0.384. The summed E-state index contributed by atoms with van der Waals surface area (Å²) in [6.45, 7) is 0. The molecule has 0 unspecified atom stereocenters. The van der Waals surface area contributed by atoms with Crippen LogP contribution in [0, 0.1) is 10.1 Å². The minimum Gasteiger partial charge on any atom is -0.278 e. The SMILES string of the molecule is O=C1Cc2ccc([N+](=O)[O-])cc2C(=O)N1O. The summed E-state index contributed by atoms with van der Waals surface area (Å²) < 4.78 is 0. The molecule has 0 bridgehead atoms. The van der Waals surface area contributed by atoms with Gasteiger partial charge in [-0.05, 0) is 5.56 Å². The van der Waals surface area contributed by atoms with Gasteiger partial charge in [-0.1, -0.05) is 6.07 Å². The molecular formula is C9H6N2O5. The normalized spacial score (nSPS) is 14.9. The number of imide groups is 1. The van der Waals surface area contributed by atoms with E-state index in [9.17, 15) is 19.7 Å². The molecule has 82 valence electrons. The smallest absolute Gasteiger partial charge is 0.278 e. The predicted octanol–water partition coefficient (Wildman–Crippen LogP) is 0.509. The number of fused-ring (bicyclic) bond motifs is 1. The highest BCUT2D eigenvalue weighted by Crippen LogP contribution is 2.23. The third-order valence-electron chi connectivity index (χ3n) is 2.30. The molecule has 2 amide bonds. The molecule has 0 aliphatic carbocycles. The monoisotopic (exact) mass is 222 g/mol. The van der Waals surface area contributed by atoms with E-state index in [4.69, 9.17) is 5.21 Å². The Kier molecular flexibility index (Phi) is 2.17. The van der Waals surface area contributed by atoms with Crippen LogP contribution in [-0.2, 0) is 11.2 Å². The Labute approximate surface area is 89.0 Å². The van der Waals surface area contributed by atoms with Gasteiger partial charge in [0.1, 0.15) is 0 Å². The predicted molar refractivity (Wildman–Crippen MR) is 49.8 cm³/mol. The molecule has 0 aromatic heterocycles. The molecule has 1 N–H and O–H groups in total. The first-order chi connectivity index (χ1) is 7.50. The van der Waals surface area contributed by atoms with Gasteiger partial charge < -0.3 is 0 Å². The number of nitrogens with zero attached hydrogens (tertiary/aromatic N) is 2. The van der Waals surface area contributed by atoms with Crippen molar-refractivity contribution in [1.29, 1.82) is 0 Å². The topological polar surface area (TPSA) is 101 Å². The number of amides is 2. The van der Waals surface area contributed by atoms with Crippen LogP contribution in [0.2, 0.25) is 0 Å². The summed E-state index contributed by atoms with van der Waals surface area (Å²) >= 11 is 0. The van der Waals surface area contributed by atoms with Gasteiger partial charge in [0.15, 0.2) is 0 Å². The van der Waals surface area contributed by atoms with Gasteiger partial charge in [0, 0.05) is 12.1 Å². The Morgan fingerprint density at radius 3 is 2.69 bits per heavy atom. The maximum Gasteiger partial charge on any atom is 0.285 e. The molecule has 2 rings (SSSR count). The summed E-state index contributed by atoms with van der Waals surface area (Å²) in [5, 5.41) is 19.6. The zero-order chi connectivity index (χ0) is 11.9. The van der Waals surface area contributed by atoms with Crippen molar-refractivity contribution in [2.45, 2.75) is 6.42 Å². The first-order valence-electron chi connectivity index (χ1n) is 4.34. The molecule has 1 heterocycles. The second-order valence-corrected chi connectivity index (χ2v) is 3.29. The molecule has 0 spiro atoms. The average Bonchev–Trinajstić information content (AvgIpc) is 2.25. The van der Waals surface area contributed by atoms with E-state index in [1.54, 1.807) is 0 Å². The molecule has 7 heteroatoms. The lowest BCUT2D eigenvalue weighted by Gasteiger charge is -2.20. The van der Waals surface area contributed by atoms with Crippen molar-refractivity contribution in [2.24, 2.45) is 0 Å². The fourth-order valence-corrected chi connectivity index (χ4v) is 1.50. The Balaban J connectivity index is 2.55. The maximum absolute atomic E-state index is 11.4. The molecule has 1 aromatic rings. The summed E-state index contributed by atoms with van der Waals surface area (Å²) in [6, 6.07) is 3.61. The van der Waals surface area contributed by atoms with Crippen LogP contribution in [0.5, 0.6) is 0 Å². The standard InChI is InChI=1S/C9H6N2O5/c12-8-3-5-1-2-6(11(15)16)4-7(5)9(13)10(8)14/h1-2,4,14H,3H2. The first kappa shape index (κ1) is 10.2. The van der Waals surface area contributed by atoms with Gasteiger partial charge in [-0.2, -0.15) is 5.06 Å². The van der Waals surface area contributed by atoms with Crippen LogP contribution < -0.4 is 0 Å². The van der Waals surface area contributed by atoms with E-state index in [1.165, 1.54) is 12.1 Å². The molecule has 1 aromatic carbocycles. The number of hydrogen-bond donors (Lipinski definition) is 1. The van der Waals surface area contributed by atoms with Gasteiger partial charge in [-0.3, -0.25) is 24.9 Å². The highest BCUT2D eigenvalue weighted by molar-refractivity contribution is 6.08. The number of rotatable bonds is 1. The van der Waals surface area contributed by atoms with Gasteiger partial charge >= 0.3 is 0 Å². The van der Waals surface area contributed by atoms with Crippen LogP contribution in [0.25, 0.3) is 0 Å². The third-order valence-corrected chi connectivity index (χ3v) is 2.30. The number of carbonyl (C=O) groups is 2. The number of benzene rings is 1. The second-order valence-electron chi connectivity index (χ2n) is 3.29. The van der Waals surface area contributed by atoms with Crippen LogP contribution in [0.15, 0.2) is 18.2 Å². The van der Waals surface area contributed by atoms with Crippen LogP contribution in [0.1, 0.15) is 15.9 Å². The Hall–Kier alpha value is -2.28. The van der Waals surface area contributed by atoms with E-state index in [2.05, 4.69) is 0 Å². The van der Waals surface area contributed by atoms with Crippen LogP contribution in [-0.4, -0.2) is 27.0 Å². The summed E-state index contributed by atoms with van der Waals surface area (Å²) in [5.41, 5.74) is 0.108. The summed E-state index contributed by atoms with van der Waals surface area (Å²) in [4.78, 5) is 32.4. The van der Waals surface area contributed by atoms with Gasteiger partial charge in [0.05, 0.1) is 16.9 Å². The molecular weight excluding hydrogens is 216 g/mol. The van der Waals surface area contributed by atoms with Crippen LogP contribution in [0.4, 0.5) is 5.69 Å². The van der Waals surface area contributed by atoms with Crippen molar-refractivity contribution in [3.05, 3.63) is 39.4 Å².